The first-order chi connectivity index (χ1) is 10.2. The Kier molecular flexibility index (Phi) is 3.92. The van der Waals surface area contributed by atoms with Crippen LogP contribution in [0.1, 0.15) is 10.4 Å². The molecule has 2 amide bonds. The van der Waals surface area contributed by atoms with Crippen molar-refractivity contribution in [2.75, 3.05) is 0 Å². The molecule has 1 aromatic carbocycles. The first-order valence-electron chi connectivity index (χ1n) is 6.20. The second-order valence-corrected chi connectivity index (χ2v) is 6.54. The van der Waals surface area contributed by atoms with Gasteiger partial charge in [-0.1, -0.05) is 18.2 Å². The molecule has 2 N–H and O–H groups in total. The number of carbonyl (C=O) groups excluding carboxylic acids is 2. The van der Waals surface area contributed by atoms with E-state index in [4.69, 9.17) is 0 Å². The van der Waals surface area contributed by atoms with Gasteiger partial charge in [0.25, 0.3) is 11.1 Å². The van der Waals surface area contributed by atoms with Crippen LogP contribution in [0.5, 0.6) is 0 Å². The van der Waals surface area contributed by atoms with E-state index >= 15 is 0 Å². The Morgan fingerprint density at radius 1 is 1.19 bits per heavy atom. The van der Waals surface area contributed by atoms with E-state index in [9.17, 15) is 14.7 Å². The number of rotatable bonds is 3. The van der Waals surface area contributed by atoms with Crippen LogP contribution in [0.3, 0.4) is 0 Å². The minimum Gasteiger partial charge on any atom is -0.392 e. The molecule has 4 nitrogen and oxygen atoms in total. The van der Waals surface area contributed by atoms with Crippen molar-refractivity contribution in [3.05, 3.63) is 51.7 Å². The second kappa shape index (κ2) is 5.85. The van der Waals surface area contributed by atoms with Crippen LogP contribution < -0.4 is 5.32 Å². The fraction of sp³-hybridized carbons (Fsp3) is 0.0667. The zero-order valence-electron chi connectivity index (χ0n) is 10.8. The highest BCUT2D eigenvalue weighted by molar-refractivity contribution is 8.18. The lowest BCUT2D eigenvalue weighted by Gasteiger charge is -2.00. The van der Waals surface area contributed by atoms with Crippen molar-refractivity contribution >= 4 is 40.3 Å². The number of thioether (sulfide) groups is 1. The summed E-state index contributed by atoms with van der Waals surface area (Å²) >= 11 is 2.45. The van der Waals surface area contributed by atoms with Gasteiger partial charge >= 0.3 is 0 Å². The highest BCUT2D eigenvalue weighted by atomic mass is 32.2. The van der Waals surface area contributed by atoms with Gasteiger partial charge in [-0.05, 0) is 47.2 Å². The van der Waals surface area contributed by atoms with Crippen molar-refractivity contribution in [3.8, 4) is 10.4 Å². The molecule has 1 saturated heterocycles. The molecule has 0 bridgehead atoms. The van der Waals surface area contributed by atoms with E-state index in [1.54, 1.807) is 6.08 Å². The van der Waals surface area contributed by atoms with E-state index in [1.807, 2.05) is 36.4 Å². The molecule has 0 unspecified atom stereocenters. The van der Waals surface area contributed by atoms with E-state index in [-0.39, 0.29) is 17.8 Å². The lowest BCUT2D eigenvalue weighted by molar-refractivity contribution is -0.115. The smallest absolute Gasteiger partial charge is 0.290 e. The number of thiophene rings is 1. The molecule has 0 radical (unpaired) electrons. The summed E-state index contributed by atoms with van der Waals surface area (Å²) in [5.74, 6) is -0.345. The molecule has 0 saturated carbocycles. The lowest BCUT2D eigenvalue weighted by atomic mass is 10.1. The first kappa shape index (κ1) is 14.1. The van der Waals surface area contributed by atoms with Gasteiger partial charge in [0.1, 0.15) is 0 Å². The van der Waals surface area contributed by atoms with Crippen molar-refractivity contribution < 1.29 is 14.7 Å². The summed E-state index contributed by atoms with van der Waals surface area (Å²) in [7, 11) is 0. The number of nitrogens with one attached hydrogen (secondary N) is 1. The van der Waals surface area contributed by atoms with Crippen LogP contribution in [0.2, 0.25) is 0 Å². The Labute approximate surface area is 129 Å². The quantitative estimate of drug-likeness (QED) is 0.853. The van der Waals surface area contributed by atoms with Crippen LogP contribution in [-0.4, -0.2) is 16.3 Å². The number of carbonyl (C=O) groups is 2. The molecule has 2 aromatic rings. The molecule has 6 heteroatoms. The predicted molar refractivity (Wildman–Crippen MR) is 84.8 cm³/mol. The van der Waals surface area contributed by atoms with Gasteiger partial charge in [0, 0.05) is 9.75 Å². The van der Waals surface area contributed by atoms with Crippen molar-refractivity contribution in [1.29, 1.82) is 0 Å². The highest BCUT2D eigenvalue weighted by Crippen LogP contribution is 2.32. The summed E-state index contributed by atoms with van der Waals surface area (Å²) < 4.78 is 0. The fourth-order valence-corrected chi connectivity index (χ4v) is 3.65. The monoisotopic (exact) mass is 317 g/mol. The molecule has 1 aromatic heterocycles. The second-order valence-electron chi connectivity index (χ2n) is 4.41. The Morgan fingerprint density at radius 3 is 2.76 bits per heavy atom. The molecule has 21 heavy (non-hydrogen) atoms. The lowest BCUT2D eigenvalue weighted by Crippen LogP contribution is -2.17. The Morgan fingerprint density at radius 2 is 2.05 bits per heavy atom. The zero-order chi connectivity index (χ0) is 14.8. The van der Waals surface area contributed by atoms with Gasteiger partial charge in [-0.15, -0.1) is 11.3 Å². The molecular formula is C15H11NO3S2. The summed E-state index contributed by atoms with van der Waals surface area (Å²) in [6.45, 7) is 0.00897. The molecule has 2 heterocycles. The maximum absolute atomic E-state index is 11.5. The van der Waals surface area contributed by atoms with Crippen LogP contribution in [0, 0.1) is 0 Å². The summed E-state index contributed by atoms with van der Waals surface area (Å²) in [5.41, 5.74) is 1.88. The number of hydrogen-bond donors (Lipinski definition) is 2. The summed E-state index contributed by atoms with van der Waals surface area (Å²) in [6, 6.07) is 11.6. The molecule has 106 valence electrons. The minimum atomic E-state index is -0.345. The molecular weight excluding hydrogens is 306 g/mol. The fourth-order valence-electron chi connectivity index (χ4n) is 1.96. The molecule has 1 aliphatic rings. The van der Waals surface area contributed by atoms with Crippen LogP contribution in [-0.2, 0) is 11.4 Å². The van der Waals surface area contributed by atoms with Crippen molar-refractivity contribution in [1.82, 2.24) is 5.32 Å². The predicted octanol–water partition coefficient (Wildman–Crippen LogP) is 3.23. The van der Waals surface area contributed by atoms with E-state index in [0.29, 0.717) is 4.91 Å². The van der Waals surface area contributed by atoms with Gasteiger partial charge in [0.15, 0.2) is 0 Å². The standard InChI is InChI=1S/C15H11NO3S2/c17-8-9-2-1-3-10(6-9)12-5-4-11(20-12)7-13-14(18)16-15(19)21-13/h1-7,17H,8H2,(H,16,18,19). The van der Waals surface area contributed by atoms with Crippen molar-refractivity contribution in [2.24, 2.45) is 0 Å². The number of benzene rings is 1. The Bertz CT molecular complexity index is 749. The summed E-state index contributed by atoms with van der Waals surface area (Å²) in [4.78, 5) is 25.0. The van der Waals surface area contributed by atoms with Gasteiger partial charge in [-0.3, -0.25) is 14.9 Å². The van der Waals surface area contributed by atoms with E-state index < -0.39 is 0 Å². The van der Waals surface area contributed by atoms with Crippen LogP contribution in [0.4, 0.5) is 4.79 Å². The van der Waals surface area contributed by atoms with Crippen LogP contribution in [0.25, 0.3) is 16.5 Å². The van der Waals surface area contributed by atoms with E-state index in [1.165, 1.54) is 11.3 Å². The van der Waals surface area contributed by atoms with E-state index in [2.05, 4.69) is 5.32 Å². The molecule has 0 atom stereocenters. The van der Waals surface area contributed by atoms with Gasteiger partial charge in [-0.2, -0.15) is 0 Å². The van der Waals surface area contributed by atoms with Gasteiger partial charge in [0.05, 0.1) is 11.5 Å². The molecule has 0 aliphatic carbocycles. The van der Waals surface area contributed by atoms with Crippen LogP contribution in [0.15, 0.2) is 41.3 Å². The van der Waals surface area contributed by atoms with Crippen molar-refractivity contribution in [3.63, 3.8) is 0 Å². The largest absolute Gasteiger partial charge is 0.392 e. The van der Waals surface area contributed by atoms with Crippen molar-refractivity contribution in [2.45, 2.75) is 6.61 Å². The van der Waals surface area contributed by atoms with Gasteiger partial charge in [0.2, 0.25) is 0 Å². The number of aliphatic hydroxyl groups excluding tert-OH is 1. The Hall–Kier alpha value is -1.89. The normalized spacial score (nSPS) is 16.5. The van der Waals surface area contributed by atoms with Gasteiger partial charge in [-0.25, -0.2) is 0 Å². The third-order valence-electron chi connectivity index (χ3n) is 2.94. The Balaban J connectivity index is 1.88. The van der Waals surface area contributed by atoms with E-state index in [0.717, 1.165) is 32.6 Å². The SMILES string of the molecule is O=C1NC(=O)C(=Cc2ccc(-c3cccc(CO)c3)s2)S1. The van der Waals surface area contributed by atoms with Gasteiger partial charge < -0.3 is 5.11 Å². The third-order valence-corrected chi connectivity index (χ3v) is 4.83. The zero-order valence-corrected chi connectivity index (χ0v) is 12.5. The molecule has 1 aliphatic heterocycles. The number of aliphatic hydroxyl groups is 1. The average Bonchev–Trinajstić information content (AvgIpc) is 3.06. The minimum absolute atomic E-state index is 0.00897. The number of imide groups is 1. The van der Waals surface area contributed by atoms with Crippen LogP contribution >= 0.6 is 23.1 Å². The molecule has 3 rings (SSSR count). The first-order valence-corrected chi connectivity index (χ1v) is 7.84. The number of hydrogen-bond acceptors (Lipinski definition) is 5. The summed E-state index contributed by atoms with van der Waals surface area (Å²) in [6.07, 6.45) is 1.72. The third kappa shape index (κ3) is 3.07. The molecule has 1 fully saturated rings. The highest BCUT2D eigenvalue weighted by Gasteiger charge is 2.25. The molecule has 0 spiro atoms. The summed E-state index contributed by atoms with van der Waals surface area (Å²) in [5, 5.41) is 11.1. The topological polar surface area (TPSA) is 66.4 Å². The maximum Gasteiger partial charge on any atom is 0.290 e. The number of amides is 2. The maximum atomic E-state index is 11.5. The average molecular weight is 317 g/mol.